The van der Waals surface area contributed by atoms with Gasteiger partial charge in [0.05, 0.1) is 18.7 Å². The van der Waals surface area contributed by atoms with Crippen LogP contribution in [0.5, 0.6) is 5.75 Å². The minimum atomic E-state index is -0.689. The zero-order valence-corrected chi connectivity index (χ0v) is 17.2. The lowest BCUT2D eigenvalue weighted by molar-refractivity contribution is -0.118. The van der Waals surface area contributed by atoms with Gasteiger partial charge in [0.2, 0.25) is 0 Å². The van der Waals surface area contributed by atoms with Crippen LogP contribution in [0.1, 0.15) is 23.6 Å². The van der Waals surface area contributed by atoms with E-state index in [-0.39, 0.29) is 17.8 Å². The Morgan fingerprint density at radius 1 is 0.935 bits per heavy atom. The molecule has 1 N–H and O–H groups in total. The molecule has 4 rings (SSSR count). The van der Waals surface area contributed by atoms with E-state index in [1.165, 1.54) is 4.90 Å². The van der Waals surface area contributed by atoms with Gasteiger partial charge in [-0.2, -0.15) is 0 Å². The van der Waals surface area contributed by atoms with Crippen LogP contribution in [0, 0.1) is 0 Å². The maximum atomic E-state index is 13.2. The zero-order chi connectivity index (χ0) is 21.8. The number of anilines is 1. The van der Waals surface area contributed by atoms with Crippen molar-refractivity contribution in [1.82, 2.24) is 0 Å². The summed E-state index contributed by atoms with van der Waals surface area (Å²) >= 11 is 0. The van der Waals surface area contributed by atoms with E-state index in [9.17, 15) is 14.7 Å². The molecule has 0 radical (unpaired) electrons. The Morgan fingerprint density at radius 3 is 2.16 bits per heavy atom. The molecule has 3 aromatic carbocycles. The number of nitrogens with zero attached hydrogens (tertiary/aromatic N) is 1. The third-order valence-corrected chi connectivity index (χ3v) is 5.46. The summed E-state index contributed by atoms with van der Waals surface area (Å²) in [7, 11) is 1.57. The molecule has 156 valence electrons. The number of methoxy groups -OCH3 is 1. The lowest BCUT2D eigenvalue weighted by Crippen LogP contribution is -2.31. The predicted octanol–water partition coefficient (Wildman–Crippen LogP) is 4.80. The van der Waals surface area contributed by atoms with Gasteiger partial charge >= 0.3 is 0 Å². The number of aliphatic hydroxyl groups excluding tert-OH is 1. The average Bonchev–Trinajstić information content (AvgIpc) is 3.09. The van der Waals surface area contributed by atoms with Crippen molar-refractivity contribution < 1.29 is 19.4 Å². The highest BCUT2D eigenvalue weighted by Gasteiger charge is 2.44. The van der Waals surface area contributed by atoms with E-state index >= 15 is 0 Å². The molecule has 1 unspecified atom stereocenters. The molecule has 1 aliphatic heterocycles. The minimum absolute atomic E-state index is 0.142. The van der Waals surface area contributed by atoms with Gasteiger partial charge in [-0.25, -0.2) is 0 Å². The molecule has 5 nitrogen and oxygen atoms in total. The second-order valence-corrected chi connectivity index (χ2v) is 7.36. The third-order valence-electron chi connectivity index (χ3n) is 5.46. The molecule has 0 fully saturated rings. The Labute approximate surface area is 181 Å². The summed E-state index contributed by atoms with van der Waals surface area (Å²) in [6.07, 6.45) is 0.741. The molecule has 1 amide bonds. The highest BCUT2D eigenvalue weighted by atomic mass is 16.5. The summed E-state index contributed by atoms with van der Waals surface area (Å²) < 4.78 is 5.21. The summed E-state index contributed by atoms with van der Waals surface area (Å²) in [6, 6.07) is 25.3. The van der Waals surface area contributed by atoms with Gasteiger partial charge < -0.3 is 9.84 Å². The Bertz CT molecular complexity index is 1110. The first kappa shape index (κ1) is 20.4. The van der Waals surface area contributed by atoms with Crippen LogP contribution in [0.2, 0.25) is 0 Å². The Kier molecular flexibility index (Phi) is 5.85. The van der Waals surface area contributed by atoms with E-state index < -0.39 is 17.7 Å². The number of ether oxygens (including phenoxy) is 1. The number of aryl methyl sites for hydroxylation is 1. The molecule has 0 aromatic heterocycles. The largest absolute Gasteiger partial charge is 0.503 e. The van der Waals surface area contributed by atoms with Crippen molar-refractivity contribution in [2.45, 2.75) is 18.9 Å². The molecule has 0 spiro atoms. The number of ketones is 1. The van der Waals surface area contributed by atoms with E-state index in [0.29, 0.717) is 17.9 Å². The zero-order valence-electron chi connectivity index (χ0n) is 17.2. The maximum Gasteiger partial charge on any atom is 0.294 e. The fourth-order valence-electron chi connectivity index (χ4n) is 3.89. The van der Waals surface area contributed by atoms with E-state index in [4.69, 9.17) is 4.74 Å². The Balaban J connectivity index is 1.70. The van der Waals surface area contributed by atoms with Crippen LogP contribution in [-0.4, -0.2) is 23.9 Å². The van der Waals surface area contributed by atoms with Gasteiger partial charge in [0.15, 0.2) is 11.5 Å². The smallest absolute Gasteiger partial charge is 0.294 e. The van der Waals surface area contributed by atoms with Crippen molar-refractivity contribution in [2.24, 2.45) is 0 Å². The predicted molar refractivity (Wildman–Crippen MR) is 119 cm³/mol. The van der Waals surface area contributed by atoms with Gasteiger partial charge in [-0.3, -0.25) is 14.5 Å². The highest BCUT2D eigenvalue weighted by molar-refractivity contribution is 6.16. The molecular weight excluding hydrogens is 390 g/mol. The average molecular weight is 413 g/mol. The molecule has 0 saturated carbocycles. The first-order chi connectivity index (χ1) is 15.1. The normalized spacial score (nSPS) is 16.0. The van der Waals surface area contributed by atoms with Gasteiger partial charge in [0.25, 0.3) is 5.91 Å². The molecule has 0 aliphatic carbocycles. The number of amides is 1. The fourth-order valence-corrected chi connectivity index (χ4v) is 3.89. The number of Topliss-reactive ketones (excluding diaryl/α,β-unsaturated/α-hetero) is 1. The fraction of sp³-hybridized carbons (Fsp3) is 0.154. The van der Waals surface area contributed by atoms with Gasteiger partial charge in [-0.15, -0.1) is 0 Å². The summed E-state index contributed by atoms with van der Waals surface area (Å²) in [5, 5.41) is 10.7. The number of benzene rings is 3. The maximum absolute atomic E-state index is 13.2. The lowest BCUT2D eigenvalue weighted by Gasteiger charge is -2.27. The molecule has 1 atom stereocenters. The van der Waals surface area contributed by atoms with Crippen LogP contribution in [0.4, 0.5) is 5.69 Å². The highest BCUT2D eigenvalue weighted by Crippen LogP contribution is 2.41. The van der Waals surface area contributed by atoms with Crippen LogP contribution in [-0.2, 0) is 16.0 Å². The van der Waals surface area contributed by atoms with Crippen molar-refractivity contribution in [3.63, 3.8) is 0 Å². The summed E-state index contributed by atoms with van der Waals surface area (Å²) in [5.41, 5.74) is 2.52. The molecule has 0 bridgehead atoms. The second kappa shape index (κ2) is 8.88. The molecule has 0 saturated heterocycles. The van der Waals surface area contributed by atoms with Crippen molar-refractivity contribution in [3.8, 4) is 5.75 Å². The Morgan fingerprint density at radius 2 is 1.55 bits per heavy atom. The van der Waals surface area contributed by atoms with E-state index in [1.54, 1.807) is 31.4 Å². The summed E-state index contributed by atoms with van der Waals surface area (Å²) in [5.74, 6) is -0.646. The molecule has 31 heavy (non-hydrogen) atoms. The van der Waals surface area contributed by atoms with Crippen molar-refractivity contribution in [3.05, 3.63) is 107 Å². The molecule has 3 aromatic rings. The molecule has 1 aliphatic rings. The monoisotopic (exact) mass is 413 g/mol. The van der Waals surface area contributed by atoms with Crippen LogP contribution in [0.25, 0.3) is 0 Å². The number of carbonyl (C=O) groups excluding carboxylic acids is 2. The number of hydrogen-bond acceptors (Lipinski definition) is 4. The van der Waals surface area contributed by atoms with Gasteiger partial charge in [-0.05, 0) is 41.8 Å². The molecule has 1 heterocycles. The van der Waals surface area contributed by atoms with Gasteiger partial charge in [-0.1, -0.05) is 60.7 Å². The van der Waals surface area contributed by atoms with Gasteiger partial charge in [0.1, 0.15) is 5.75 Å². The van der Waals surface area contributed by atoms with E-state index in [2.05, 4.69) is 0 Å². The number of rotatable bonds is 7. The minimum Gasteiger partial charge on any atom is -0.503 e. The van der Waals surface area contributed by atoms with E-state index in [1.807, 2.05) is 60.7 Å². The summed E-state index contributed by atoms with van der Waals surface area (Å²) in [6.45, 7) is 0. The van der Waals surface area contributed by atoms with Crippen LogP contribution < -0.4 is 9.64 Å². The van der Waals surface area contributed by atoms with Crippen LogP contribution >= 0.6 is 0 Å². The first-order valence-corrected chi connectivity index (χ1v) is 10.1. The van der Waals surface area contributed by atoms with Crippen molar-refractivity contribution in [2.75, 3.05) is 12.0 Å². The quantitative estimate of drug-likeness (QED) is 0.604. The molecular formula is C26H23NO4. The van der Waals surface area contributed by atoms with Crippen LogP contribution in [0.15, 0.2) is 96.3 Å². The Hall–Kier alpha value is -3.86. The third kappa shape index (κ3) is 4.08. The van der Waals surface area contributed by atoms with Crippen LogP contribution in [0.3, 0.4) is 0 Å². The number of hydrogen-bond donors (Lipinski definition) is 1. The molecule has 5 heteroatoms. The standard InChI is InChI=1S/C26H23NO4/c1-31-21-15-13-20(14-16-21)27-24(19-10-6-3-7-11-19)23(25(29)26(27)30)22(28)17-12-18-8-4-2-5-9-18/h2-11,13-16,24,29H,12,17H2,1H3. The second-order valence-electron chi connectivity index (χ2n) is 7.36. The SMILES string of the molecule is COc1ccc(N2C(=O)C(O)=C(C(=O)CCc3ccccc3)C2c2ccccc2)cc1. The van der Waals surface area contributed by atoms with E-state index in [0.717, 1.165) is 11.1 Å². The summed E-state index contributed by atoms with van der Waals surface area (Å²) in [4.78, 5) is 27.8. The topological polar surface area (TPSA) is 66.8 Å². The van der Waals surface area contributed by atoms with Gasteiger partial charge in [0, 0.05) is 12.1 Å². The first-order valence-electron chi connectivity index (χ1n) is 10.1. The number of carbonyl (C=O) groups is 2. The lowest BCUT2D eigenvalue weighted by atomic mass is 9.93. The van der Waals surface area contributed by atoms with Crippen molar-refractivity contribution in [1.29, 1.82) is 0 Å². The number of aliphatic hydroxyl groups is 1. The van der Waals surface area contributed by atoms with Crippen molar-refractivity contribution >= 4 is 17.4 Å².